The van der Waals surface area contributed by atoms with Gasteiger partial charge in [0.05, 0.1) is 19.2 Å². The van der Waals surface area contributed by atoms with Crippen molar-refractivity contribution in [2.45, 2.75) is 18.9 Å². The summed E-state index contributed by atoms with van der Waals surface area (Å²) in [6, 6.07) is 9.87. The minimum absolute atomic E-state index is 0.0122. The van der Waals surface area contributed by atoms with Crippen LogP contribution in [0, 0.1) is 5.82 Å². The summed E-state index contributed by atoms with van der Waals surface area (Å²) >= 11 is 5.70. The molecule has 0 spiro atoms. The van der Waals surface area contributed by atoms with Crippen LogP contribution in [0.1, 0.15) is 23.2 Å². The van der Waals surface area contributed by atoms with Gasteiger partial charge in [0.2, 0.25) is 0 Å². The highest BCUT2D eigenvalue weighted by molar-refractivity contribution is 6.30. The molecule has 1 N–H and O–H groups in total. The molecule has 1 aliphatic heterocycles. The largest absolute Gasteiger partial charge is 0.493 e. The zero-order chi connectivity index (χ0) is 19.4. The van der Waals surface area contributed by atoms with Gasteiger partial charge in [-0.15, -0.1) is 0 Å². The van der Waals surface area contributed by atoms with E-state index in [1.165, 1.54) is 12.1 Å². The van der Waals surface area contributed by atoms with Gasteiger partial charge in [-0.1, -0.05) is 11.6 Å². The first-order valence-corrected chi connectivity index (χ1v) is 9.12. The number of benzene rings is 2. The van der Waals surface area contributed by atoms with Crippen molar-refractivity contribution in [1.82, 2.24) is 4.90 Å². The topological polar surface area (TPSA) is 50.8 Å². The lowest BCUT2D eigenvalue weighted by atomic mass is 10.0. The van der Waals surface area contributed by atoms with Crippen molar-refractivity contribution in [1.29, 1.82) is 0 Å². The van der Waals surface area contributed by atoms with Crippen molar-refractivity contribution >= 4 is 23.2 Å². The molecule has 1 atom stereocenters. The van der Waals surface area contributed by atoms with Crippen molar-refractivity contribution < 1.29 is 18.7 Å². The SMILES string of the molecule is COc1ccc(N[C@H]2CCCN(C(=O)c3ccc(Cl)c(F)c3)C2)cc1OC. The van der Waals surface area contributed by atoms with Gasteiger partial charge in [0, 0.05) is 36.4 Å². The first-order chi connectivity index (χ1) is 13.0. The second-order valence-corrected chi connectivity index (χ2v) is 6.84. The fraction of sp³-hybridized carbons (Fsp3) is 0.350. The number of hydrogen-bond donors (Lipinski definition) is 1. The second-order valence-electron chi connectivity index (χ2n) is 6.43. The third kappa shape index (κ3) is 4.45. The van der Waals surface area contributed by atoms with Gasteiger partial charge >= 0.3 is 0 Å². The first-order valence-electron chi connectivity index (χ1n) is 8.74. The maximum atomic E-state index is 13.7. The van der Waals surface area contributed by atoms with Gasteiger partial charge in [-0.05, 0) is 43.2 Å². The number of likely N-dealkylation sites (tertiary alicyclic amines) is 1. The Morgan fingerprint density at radius 3 is 2.67 bits per heavy atom. The number of rotatable bonds is 5. The van der Waals surface area contributed by atoms with E-state index >= 15 is 0 Å². The summed E-state index contributed by atoms with van der Waals surface area (Å²) in [6.07, 6.45) is 1.81. The first kappa shape index (κ1) is 19.3. The van der Waals surface area contributed by atoms with Crippen molar-refractivity contribution in [3.05, 3.63) is 52.8 Å². The molecule has 1 amide bonds. The Kier molecular flexibility index (Phi) is 6.06. The standard InChI is InChI=1S/C20H22ClFN2O3/c1-26-18-8-6-14(11-19(18)27-2)23-15-4-3-9-24(12-15)20(25)13-5-7-16(21)17(22)10-13/h5-8,10-11,15,23H,3-4,9,12H2,1-2H3/t15-/m0/s1. The van der Waals surface area contributed by atoms with Crippen LogP contribution < -0.4 is 14.8 Å². The summed E-state index contributed by atoms with van der Waals surface area (Å²) < 4.78 is 24.2. The summed E-state index contributed by atoms with van der Waals surface area (Å²) in [7, 11) is 3.18. The van der Waals surface area contributed by atoms with E-state index in [9.17, 15) is 9.18 Å². The van der Waals surface area contributed by atoms with Crippen molar-refractivity contribution in [2.24, 2.45) is 0 Å². The van der Waals surface area contributed by atoms with Crippen LogP contribution in [0.2, 0.25) is 5.02 Å². The lowest BCUT2D eigenvalue weighted by Gasteiger charge is -2.34. The van der Waals surface area contributed by atoms with Crippen LogP contribution in [0.3, 0.4) is 0 Å². The minimum Gasteiger partial charge on any atom is -0.493 e. The van der Waals surface area contributed by atoms with Crippen LogP contribution in [0.25, 0.3) is 0 Å². The fourth-order valence-electron chi connectivity index (χ4n) is 3.25. The van der Waals surface area contributed by atoms with Crippen LogP contribution in [-0.2, 0) is 0 Å². The molecule has 0 aromatic heterocycles. The average Bonchev–Trinajstić information content (AvgIpc) is 2.69. The number of nitrogens with zero attached hydrogens (tertiary/aromatic N) is 1. The molecule has 1 saturated heterocycles. The van der Waals surface area contributed by atoms with Crippen LogP contribution in [-0.4, -0.2) is 44.2 Å². The van der Waals surface area contributed by atoms with Gasteiger partial charge in [-0.25, -0.2) is 4.39 Å². The third-order valence-corrected chi connectivity index (χ3v) is 4.94. The summed E-state index contributed by atoms with van der Waals surface area (Å²) in [6.45, 7) is 1.19. The number of ether oxygens (including phenoxy) is 2. The number of carbonyl (C=O) groups is 1. The molecule has 7 heteroatoms. The smallest absolute Gasteiger partial charge is 0.254 e. The second kappa shape index (κ2) is 8.48. The molecule has 0 aliphatic carbocycles. The van der Waals surface area contributed by atoms with Crippen LogP contribution in [0.15, 0.2) is 36.4 Å². The number of piperidine rings is 1. The zero-order valence-corrected chi connectivity index (χ0v) is 16.1. The molecule has 144 valence electrons. The maximum Gasteiger partial charge on any atom is 0.254 e. The molecular formula is C20H22ClFN2O3. The molecule has 1 heterocycles. The normalized spacial score (nSPS) is 16.7. The number of carbonyl (C=O) groups excluding carboxylic acids is 1. The van der Waals surface area contributed by atoms with Gasteiger partial charge in [-0.2, -0.15) is 0 Å². The highest BCUT2D eigenvalue weighted by Crippen LogP contribution is 2.30. The Balaban J connectivity index is 1.68. The quantitative estimate of drug-likeness (QED) is 0.828. The number of anilines is 1. The van der Waals surface area contributed by atoms with Crippen LogP contribution >= 0.6 is 11.6 Å². The molecular weight excluding hydrogens is 371 g/mol. The molecule has 5 nitrogen and oxygen atoms in total. The molecule has 2 aromatic carbocycles. The van der Waals surface area contributed by atoms with E-state index in [1.807, 2.05) is 18.2 Å². The molecule has 1 aliphatic rings. The predicted molar refractivity (Wildman–Crippen MR) is 104 cm³/mol. The number of nitrogens with one attached hydrogen (secondary N) is 1. The van der Waals surface area contributed by atoms with E-state index in [-0.39, 0.29) is 17.0 Å². The Morgan fingerprint density at radius 1 is 1.19 bits per heavy atom. The Morgan fingerprint density at radius 2 is 1.96 bits per heavy atom. The van der Waals surface area contributed by atoms with Crippen molar-refractivity contribution in [3.63, 3.8) is 0 Å². The van der Waals surface area contributed by atoms with E-state index in [0.717, 1.165) is 18.5 Å². The van der Waals surface area contributed by atoms with Crippen LogP contribution in [0.5, 0.6) is 11.5 Å². The molecule has 0 radical (unpaired) electrons. The van der Waals surface area contributed by atoms with E-state index in [1.54, 1.807) is 25.2 Å². The summed E-state index contributed by atoms with van der Waals surface area (Å²) in [5.41, 5.74) is 1.20. The van der Waals surface area contributed by atoms with E-state index in [0.29, 0.717) is 30.2 Å². The molecule has 0 bridgehead atoms. The summed E-state index contributed by atoms with van der Waals surface area (Å²) in [5, 5.41) is 3.45. The third-order valence-electron chi connectivity index (χ3n) is 4.63. The van der Waals surface area contributed by atoms with Gasteiger partial charge in [0.15, 0.2) is 11.5 Å². The molecule has 27 heavy (non-hydrogen) atoms. The molecule has 1 fully saturated rings. The molecule has 0 saturated carbocycles. The van der Waals surface area contributed by atoms with Gasteiger partial charge < -0.3 is 19.7 Å². The summed E-state index contributed by atoms with van der Waals surface area (Å²) in [5.74, 6) is 0.528. The van der Waals surface area contributed by atoms with E-state index in [4.69, 9.17) is 21.1 Å². The molecule has 2 aromatic rings. The van der Waals surface area contributed by atoms with Gasteiger partial charge in [-0.3, -0.25) is 4.79 Å². The minimum atomic E-state index is -0.584. The van der Waals surface area contributed by atoms with E-state index < -0.39 is 5.82 Å². The van der Waals surface area contributed by atoms with Crippen LogP contribution in [0.4, 0.5) is 10.1 Å². The number of hydrogen-bond acceptors (Lipinski definition) is 4. The molecule has 0 unspecified atom stereocenters. The lowest BCUT2D eigenvalue weighted by molar-refractivity contribution is 0.0714. The number of halogens is 2. The average molecular weight is 393 g/mol. The lowest BCUT2D eigenvalue weighted by Crippen LogP contribution is -2.45. The van der Waals surface area contributed by atoms with E-state index in [2.05, 4.69) is 5.32 Å². The van der Waals surface area contributed by atoms with Crippen molar-refractivity contribution in [2.75, 3.05) is 32.6 Å². The van der Waals surface area contributed by atoms with Crippen molar-refractivity contribution in [3.8, 4) is 11.5 Å². The Labute approximate surface area is 163 Å². The highest BCUT2D eigenvalue weighted by atomic mass is 35.5. The predicted octanol–water partition coefficient (Wildman–Crippen LogP) is 4.21. The zero-order valence-electron chi connectivity index (χ0n) is 15.3. The monoisotopic (exact) mass is 392 g/mol. The van der Waals surface area contributed by atoms with Gasteiger partial charge in [0.25, 0.3) is 5.91 Å². The Hall–Kier alpha value is -2.47. The van der Waals surface area contributed by atoms with Gasteiger partial charge in [0.1, 0.15) is 5.82 Å². The number of methoxy groups -OCH3 is 2. The molecule has 3 rings (SSSR count). The Bertz CT molecular complexity index is 831. The number of amides is 1. The summed E-state index contributed by atoms with van der Waals surface area (Å²) in [4.78, 5) is 14.4. The highest BCUT2D eigenvalue weighted by Gasteiger charge is 2.25. The fourth-order valence-corrected chi connectivity index (χ4v) is 3.37. The maximum absolute atomic E-state index is 13.7.